The molecular formula is C17H16N2O6. The zero-order chi connectivity index (χ0) is 18.0. The van der Waals surface area contributed by atoms with E-state index in [1.54, 1.807) is 19.1 Å². The molecule has 1 heterocycles. The number of amides is 1. The van der Waals surface area contributed by atoms with Crippen LogP contribution in [0.2, 0.25) is 0 Å². The van der Waals surface area contributed by atoms with Crippen molar-refractivity contribution in [2.75, 3.05) is 13.2 Å². The molecule has 0 aromatic heterocycles. The van der Waals surface area contributed by atoms with Gasteiger partial charge in [-0.15, -0.1) is 0 Å². The second kappa shape index (κ2) is 6.68. The van der Waals surface area contributed by atoms with Gasteiger partial charge in [-0.05, 0) is 36.8 Å². The highest BCUT2D eigenvalue weighted by Gasteiger charge is 2.19. The van der Waals surface area contributed by atoms with Crippen molar-refractivity contribution in [1.82, 2.24) is 5.32 Å². The SMILES string of the molecule is C[C@H](NC(=O)c1ccc([N+](=O)[O-])c(O)c1)c1ccc2c(c1)OCCO2. The minimum absolute atomic E-state index is 0.132. The number of nitrogens with one attached hydrogen (secondary N) is 1. The predicted octanol–water partition coefficient (Wildman–Crippen LogP) is 2.56. The molecule has 2 aromatic rings. The molecule has 0 saturated heterocycles. The third kappa shape index (κ3) is 3.47. The quantitative estimate of drug-likeness (QED) is 0.651. The van der Waals surface area contributed by atoms with Crippen molar-refractivity contribution in [2.45, 2.75) is 13.0 Å². The molecule has 0 radical (unpaired) electrons. The van der Waals surface area contributed by atoms with Gasteiger partial charge in [-0.2, -0.15) is 0 Å². The Labute approximate surface area is 143 Å². The highest BCUT2D eigenvalue weighted by atomic mass is 16.6. The molecule has 0 saturated carbocycles. The molecule has 0 spiro atoms. The summed E-state index contributed by atoms with van der Waals surface area (Å²) >= 11 is 0. The molecule has 3 rings (SSSR count). The van der Waals surface area contributed by atoms with E-state index in [2.05, 4.69) is 5.32 Å². The fourth-order valence-corrected chi connectivity index (χ4v) is 2.51. The second-order valence-electron chi connectivity index (χ2n) is 5.56. The molecule has 2 N–H and O–H groups in total. The molecule has 1 atom stereocenters. The van der Waals surface area contributed by atoms with Gasteiger partial charge in [-0.25, -0.2) is 0 Å². The maximum atomic E-state index is 12.3. The Hall–Kier alpha value is -3.29. The van der Waals surface area contributed by atoms with E-state index in [1.807, 2.05) is 6.07 Å². The minimum atomic E-state index is -0.713. The first-order chi connectivity index (χ1) is 12.0. The smallest absolute Gasteiger partial charge is 0.310 e. The molecule has 0 bridgehead atoms. The van der Waals surface area contributed by atoms with Crippen LogP contribution in [0.5, 0.6) is 17.2 Å². The summed E-state index contributed by atoms with van der Waals surface area (Å²) in [6.07, 6.45) is 0. The number of phenols is 1. The number of rotatable bonds is 4. The maximum Gasteiger partial charge on any atom is 0.310 e. The number of carbonyl (C=O) groups excluding carboxylic acids is 1. The number of hydrogen-bond acceptors (Lipinski definition) is 6. The number of aromatic hydroxyl groups is 1. The molecule has 2 aromatic carbocycles. The fourth-order valence-electron chi connectivity index (χ4n) is 2.51. The molecule has 8 heteroatoms. The molecule has 1 aliphatic rings. The summed E-state index contributed by atoms with van der Waals surface area (Å²) in [7, 11) is 0. The second-order valence-corrected chi connectivity index (χ2v) is 5.56. The van der Waals surface area contributed by atoms with Gasteiger partial charge in [0.25, 0.3) is 5.91 Å². The Kier molecular flexibility index (Phi) is 4.42. The molecular weight excluding hydrogens is 328 g/mol. The van der Waals surface area contributed by atoms with Gasteiger partial charge in [0.05, 0.1) is 11.0 Å². The predicted molar refractivity (Wildman–Crippen MR) is 88.1 cm³/mol. The molecule has 0 unspecified atom stereocenters. The lowest BCUT2D eigenvalue weighted by Gasteiger charge is -2.21. The number of benzene rings is 2. The van der Waals surface area contributed by atoms with Crippen LogP contribution in [0.1, 0.15) is 28.9 Å². The van der Waals surface area contributed by atoms with E-state index in [1.165, 1.54) is 6.07 Å². The van der Waals surface area contributed by atoms with E-state index in [0.29, 0.717) is 24.7 Å². The number of carbonyl (C=O) groups is 1. The van der Waals surface area contributed by atoms with Crippen LogP contribution in [0.25, 0.3) is 0 Å². The fraction of sp³-hybridized carbons (Fsp3) is 0.235. The molecule has 1 aliphatic heterocycles. The first-order valence-electron chi connectivity index (χ1n) is 7.63. The Morgan fingerprint density at radius 3 is 2.60 bits per heavy atom. The summed E-state index contributed by atoms with van der Waals surface area (Å²) < 4.78 is 11.0. The number of phenolic OH excluding ortho intramolecular Hbond substituents is 1. The molecule has 8 nitrogen and oxygen atoms in total. The summed E-state index contributed by atoms with van der Waals surface area (Å²) in [6, 6.07) is 8.54. The number of nitro benzene ring substituents is 1. The lowest BCUT2D eigenvalue weighted by Crippen LogP contribution is -2.26. The van der Waals surface area contributed by atoms with E-state index in [4.69, 9.17) is 9.47 Å². The van der Waals surface area contributed by atoms with Crippen LogP contribution >= 0.6 is 0 Å². The number of ether oxygens (including phenoxy) is 2. The lowest BCUT2D eigenvalue weighted by molar-refractivity contribution is -0.385. The summed E-state index contributed by atoms with van der Waals surface area (Å²) in [5.74, 6) is 0.281. The van der Waals surface area contributed by atoms with Gasteiger partial charge in [0.1, 0.15) is 13.2 Å². The Bertz CT molecular complexity index is 836. The first kappa shape index (κ1) is 16.6. The molecule has 0 aliphatic carbocycles. The number of hydrogen-bond donors (Lipinski definition) is 2. The zero-order valence-corrected chi connectivity index (χ0v) is 13.4. The molecule has 1 amide bonds. The van der Waals surface area contributed by atoms with E-state index in [-0.39, 0.29) is 11.6 Å². The van der Waals surface area contributed by atoms with Gasteiger partial charge < -0.3 is 19.9 Å². The summed E-state index contributed by atoms with van der Waals surface area (Å²) in [5.41, 5.74) is 0.507. The standard InChI is InChI=1S/C17H16N2O6/c1-10(11-3-5-15-16(9-11)25-7-6-24-15)18-17(21)12-2-4-13(19(22)23)14(20)8-12/h2-5,8-10,20H,6-7H2,1H3,(H,18,21)/t10-/m0/s1. The van der Waals surface area contributed by atoms with Crippen LogP contribution in [0.3, 0.4) is 0 Å². The monoisotopic (exact) mass is 344 g/mol. The first-order valence-corrected chi connectivity index (χ1v) is 7.63. The highest BCUT2D eigenvalue weighted by molar-refractivity contribution is 5.95. The van der Waals surface area contributed by atoms with Gasteiger partial charge >= 0.3 is 5.69 Å². The van der Waals surface area contributed by atoms with Gasteiger partial charge in [0.2, 0.25) is 0 Å². The van der Waals surface area contributed by atoms with Crippen LogP contribution in [-0.2, 0) is 0 Å². The molecule has 25 heavy (non-hydrogen) atoms. The summed E-state index contributed by atoms with van der Waals surface area (Å²) in [5, 5.41) is 23.1. The van der Waals surface area contributed by atoms with E-state index in [9.17, 15) is 20.0 Å². The van der Waals surface area contributed by atoms with E-state index < -0.39 is 22.3 Å². The van der Waals surface area contributed by atoms with Crippen molar-refractivity contribution in [2.24, 2.45) is 0 Å². The van der Waals surface area contributed by atoms with Crippen LogP contribution in [0, 0.1) is 10.1 Å². The largest absolute Gasteiger partial charge is 0.502 e. The molecule has 0 fully saturated rings. The van der Waals surface area contributed by atoms with Crippen LogP contribution in [-0.4, -0.2) is 29.2 Å². The van der Waals surface area contributed by atoms with Gasteiger partial charge in [0.15, 0.2) is 17.2 Å². The van der Waals surface area contributed by atoms with Crippen molar-refractivity contribution in [3.63, 3.8) is 0 Å². The Balaban J connectivity index is 1.74. The number of nitrogens with zero attached hydrogens (tertiary/aromatic N) is 1. The van der Waals surface area contributed by atoms with Gasteiger partial charge in [0, 0.05) is 11.6 Å². The van der Waals surface area contributed by atoms with Crippen LogP contribution in [0.15, 0.2) is 36.4 Å². The van der Waals surface area contributed by atoms with Crippen LogP contribution in [0.4, 0.5) is 5.69 Å². The van der Waals surface area contributed by atoms with Crippen molar-refractivity contribution in [3.05, 3.63) is 57.6 Å². The Morgan fingerprint density at radius 1 is 1.20 bits per heavy atom. The summed E-state index contributed by atoms with van der Waals surface area (Å²) in [4.78, 5) is 22.3. The summed E-state index contributed by atoms with van der Waals surface area (Å²) in [6.45, 7) is 2.77. The maximum absolute atomic E-state index is 12.3. The van der Waals surface area contributed by atoms with Crippen molar-refractivity contribution in [1.29, 1.82) is 0 Å². The molecule has 130 valence electrons. The van der Waals surface area contributed by atoms with Crippen molar-refractivity contribution < 1.29 is 24.3 Å². The normalized spacial score (nSPS) is 13.8. The van der Waals surface area contributed by atoms with Gasteiger partial charge in [-0.1, -0.05) is 6.07 Å². The highest BCUT2D eigenvalue weighted by Crippen LogP contribution is 2.33. The average Bonchev–Trinajstić information content (AvgIpc) is 2.60. The third-order valence-corrected chi connectivity index (χ3v) is 3.85. The number of nitro groups is 1. The van der Waals surface area contributed by atoms with E-state index >= 15 is 0 Å². The van der Waals surface area contributed by atoms with Crippen LogP contribution < -0.4 is 14.8 Å². The minimum Gasteiger partial charge on any atom is -0.502 e. The topological polar surface area (TPSA) is 111 Å². The third-order valence-electron chi connectivity index (χ3n) is 3.85. The zero-order valence-electron chi connectivity index (χ0n) is 13.4. The van der Waals surface area contributed by atoms with Gasteiger partial charge in [-0.3, -0.25) is 14.9 Å². The average molecular weight is 344 g/mol. The van der Waals surface area contributed by atoms with Crippen molar-refractivity contribution in [3.8, 4) is 17.2 Å². The number of fused-ring (bicyclic) bond motifs is 1. The van der Waals surface area contributed by atoms with E-state index in [0.717, 1.165) is 17.7 Å². The lowest BCUT2D eigenvalue weighted by atomic mass is 10.1. The van der Waals surface area contributed by atoms with Crippen molar-refractivity contribution >= 4 is 11.6 Å². The Morgan fingerprint density at radius 2 is 1.92 bits per heavy atom.